The summed E-state index contributed by atoms with van der Waals surface area (Å²) in [4.78, 5) is 32.5. The standard InChI is InChI=1S/C20H26N6O2/c1-15-13-21-16(2)19(23-15)25-7-5-24(6-8-25)18-4-3-17(14-22-18)20(27)26-9-11-28-12-10-26/h3-4,13-14H,5-12H2,1-2H3. The van der Waals surface area contributed by atoms with Crippen LogP contribution in [0.2, 0.25) is 0 Å². The quantitative estimate of drug-likeness (QED) is 0.792. The Morgan fingerprint density at radius 1 is 0.929 bits per heavy atom. The number of hydrogen-bond donors (Lipinski definition) is 0. The van der Waals surface area contributed by atoms with Gasteiger partial charge >= 0.3 is 0 Å². The van der Waals surface area contributed by atoms with Crippen LogP contribution in [0.5, 0.6) is 0 Å². The third kappa shape index (κ3) is 3.91. The molecular formula is C20H26N6O2. The molecule has 0 unspecified atom stereocenters. The highest BCUT2D eigenvalue weighted by Crippen LogP contribution is 2.20. The minimum absolute atomic E-state index is 0.0284. The zero-order chi connectivity index (χ0) is 19.5. The maximum absolute atomic E-state index is 12.5. The van der Waals surface area contributed by atoms with Crippen molar-refractivity contribution in [1.29, 1.82) is 0 Å². The van der Waals surface area contributed by atoms with Crippen LogP contribution in [0.4, 0.5) is 11.6 Å². The van der Waals surface area contributed by atoms with Crippen molar-refractivity contribution in [3.05, 3.63) is 41.5 Å². The smallest absolute Gasteiger partial charge is 0.255 e. The molecule has 28 heavy (non-hydrogen) atoms. The van der Waals surface area contributed by atoms with E-state index in [-0.39, 0.29) is 5.91 Å². The number of nitrogens with zero attached hydrogens (tertiary/aromatic N) is 6. The van der Waals surface area contributed by atoms with Gasteiger partial charge in [-0.1, -0.05) is 0 Å². The van der Waals surface area contributed by atoms with Crippen LogP contribution in [0.3, 0.4) is 0 Å². The monoisotopic (exact) mass is 382 g/mol. The lowest BCUT2D eigenvalue weighted by Crippen LogP contribution is -2.47. The minimum atomic E-state index is 0.0284. The summed E-state index contributed by atoms with van der Waals surface area (Å²) < 4.78 is 5.31. The van der Waals surface area contributed by atoms with E-state index >= 15 is 0 Å². The van der Waals surface area contributed by atoms with Crippen molar-refractivity contribution in [3.63, 3.8) is 0 Å². The molecule has 8 nitrogen and oxygen atoms in total. The summed E-state index contributed by atoms with van der Waals surface area (Å²) in [6.07, 6.45) is 3.49. The second-order valence-electron chi connectivity index (χ2n) is 7.20. The molecule has 0 bridgehead atoms. The molecule has 2 aromatic rings. The number of morpholine rings is 1. The van der Waals surface area contributed by atoms with E-state index in [0.717, 1.165) is 49.2 Å². The number of carbonyl (C=O) groups is 1. The molecule has 2 aromatic heterocycles. The summed E-state index contributed by atoms with van der Waals surface area (Å²) in [5.41, 5.74) is 2.53. The van der Waals surface area contributed by atoms with Crippen molar-refractivity contribution in [2.75, 3.05) is 62.3 Å². The number of rotatable bonds is 3. The number of anilines is 2. The highest BCUT2D eigenvalue weighted by Gasteiger charge is 2.22. The van der Waals surface area contributed by atoms with Crippen molar-refractivity contribution in [3.8, 4) is 0 Å². The Kier molecular flexibility index (Phi) is 5.38. The molecule has 0 atom stereocenters. The Labute approximate surface area is 165 Å². The molecule has 2 saturated heterocycles. The van der Waals surface area contributed by atoms with Gasteiger partial charge in [-0.05, 0) is 26.0 Å². The summed E-state index contributed by atoms with van der Waals surface area (Å²) >= 11 is 0. The van der Waals surface area contributed by atoms with E-state index < -0.39 is 0 Å². The van der Waals surface area contributed by atoms with Crippen LogP contribution in [0.25, 0.3) is 0 Å². The first-order chi connectivity index (χ1) is 13.6. The summed E-state index contributed by atoms with van der Waals surface area (Å²) in [5.74, 6) is 1.91. The fourth-order valence-corrected chi connectivity index (χ4v) is 3.62. The van der Waals surface area contributed by atoms with Gasteiger partial charge in [0, 0.05) is 51.7 Å². The number of hydrogen-bond acceptors (Lipinski definition) is 7. The van der Waals surface area contributed by atoms with Crippen LogP contribution in [-0.4, -0.2) is 78.2 Å². The second kappa shape index (κ2) is 8.10. The number of carbonyl (C=O) groups excluding carboxylic acids is 1. The number of aryl methyl sites for hydroxylation is 2. The number of piperazine rings is 1. The molecule has 4 heterocycles. The van der Waals surface area contributed by atoms with Gasteiger partial charge in [0.15, 0.2) is 0 Å². The third-order valence-corrected chi connectivity index (χ3v) is 5.25. The normalized spacial score (nSPS) is 17.7. The van der Waals surface area contributed by atoms with Crippen LogP contribution in [0.15, 0.2) is 24.5 Å². The molecule has 0 saturated carbocycles. The Morgan fingerprint density at radius 2 is 1.64 bits per heavy atom. The first-order valence-corrected chi connectivity index (χ1v) is 9.75. The van der Waals surface area contributed by atoms with E-state index in [1.165, 1.54) is 0 Å². The zero-order valence-corrected chi connectivity index (χ0v) is 16.5. The molecule has 2 fully saturated rings. The molecule has 148 valence electrons. The number of ether oxygens (including phenoxy) is 1. The molecule has 2 aliphatic heterocycles. The molecule has 0 aliphatic carbocycles. The molecule has 0 radical (unpaired) electrons. The van der Waals surface area contributed by atoms with Crippen molar-refractivity contribution in [2.24, 2.45) is 0 Å². The molecular weight excluding hydrogens is 356 g/mol. The molecule has 1 amide bonds. The van der Waals surface area contributed by atoms with Gasteiger partial charge in [0.05, 0.1) is 30.2 Å². The highest BCUT2D eigenvalue weighted by molar-refractivity contribution is 5.94. The SMILES string of the molecule is Cc1cnc(C)c(N2CCN(c3ccc(C(=O)N4CCOCC4)cn3)CC2)n1. The number of amides is 1. The predicted octanol–water partition coefficient (Wildman–Crippen LogP) is 1.29. The summed E-state index contributed by atoms with van der Waals surface area (Å²) in [6, 6.07) is 3.82. The number of pyridine rings is 1. The van der Waals surface area contributed by atoms with E-state index in [9.17, 15) is 4.79 Å². The van der Waals surface area contributed by atoms with Crippen molar-refractivity contribution in [2.45, 2.75) is 13.8 Å². The minimum Gasteiger partial charge on any atom is -0.378 e. The van der Waals surface area contributed by atoms with Gasteiger partial charge in [0.2, 0.25) is 0 Å². The second-order valence-corrected chi connectivity index (χ2v) is 7.20. The zero-order valence-electron chi connectivity index (χ0n) is 16.5. The first kappa shape index (κ1) is 18.6. The lowest BCUT2D eigenvalue weighted by atomic mass is 10.2. The Morgan fingerprint density at radius 3 is 2.32 bits per heavy atom. The van der Waals surface area contributed by atoms with Gasteiger partial charge < -0.3 is 19.4 Å². The topological polar surface area (TPSA) is 74.7 Å². The van der Waals surface area contributed by atoms with Crippen LogP contribution in [-0.2, 0) is 4.74 Å². The number of aromatic nitrogens is 3. The van der Waals surface area contributed by atoms with E-state index in [1.807, 2.05) is 30.9 Å². The van der Waals surface area contributed by atoms with Crippen LogP contribution < -0.4 is 9.80 Å². The molecule has 0 N–H and O–H groups in total. The van der Waals surface area contributed by atoms with E-state index in [0.29, 0.717) is 31.9 Å². The van der Waals surface area contributed by atoms with E-state index in [4.69, 9.17) is 4.74 Å². The van der Waals surface area contributed by atoms with Gasteiger partial charge in [-0.25, -0.2) is 9.97 Å². The van der Waals surface area contributed by atoms with E-state index in [1.54, 1.807) is 12.4 Å². The third-order valence-electron chi connectivity index (χ3n) is 5.25. The van der Waals surface area contributed by atoms with Gasteiger partial charge in [-0.2, -0.15) is 0 Å². The van der Waals surface area contributed by atoms with Crippen molar-refractivity contribution >= 4 is 17.5 Å². The van der Waals surface area contributed by atoms with Gasteiger partial charge in [-0.3, -0.25) is 9.78 Å². The maximum atomic E-state index is 12.5. The molecule has 8 heteroatoms. The fourth-order valence-electron chi connectivity index (χ4n) is 3.62. The largest absolute Gasteiger partial charge is 0.378 e. The van der Waals surface area contributed by atoms with E-state index in [2.05, 4.69) is 24.8 Å². The maximum Gasteiger partial charge on any atom is 0.255 e. The molecule has 0 spiro atoms. The molecule has 4 rings (SSSR count). The molecule has 0 aromatic carbocycles. The molecule has 2 aliphatic rings. The van der Waals surface area contributed by atoms with Crippen molar-refractivity contribution in [1.82, 2.24) is 19.9 Å². The van der Waals surface area contributed by atoms with Gasteiger partial charge in [0.25, 0.3) is 5.91 Å². The Bertz CT molecular complexity index is 827. The average Bonchev–Trinajstić information content (AvgIpc) is 2.76. The highest BCUT2D eigenvalue weighted by atomic mass is 16.5. The fraction of sp³-hybridized carbons (Fsp3) is 0.500. The predicted molar refractivity (Wildman–Crippen MR) is 107 cm³/mol. The summed E-state index contributed by atoms with van der Waals surface area (Å²) in [6.45, 7) is 9.92. The summed E-state index contributed by atoms with van der Waals surface area (Å²) in [7, 11) is 0. The van der Waals surface area contributed by atoms with Crippen molar-refractivity contribution < 1.29 is 9.53 Å². The lowest BCUT2D eigenvalue weighted by Gasteiger charge is -2.36. The van der Waals surface area contributed by atoms with Gasteiger partial charge in [0.1, 0.15) is 11.6 Å². The van der Waals surface area contributed by atoms with Crippen LogP contribution in [0, 0.1) is 13.8 Å². The van der Waals surface area contributed by atoms with Gasteiger partial charge in [-0.15, -0.1) is 0 Å². The van der Waals surface area contributed by atoms with Crippen LogP contribution >= 0.6 is 0 Å². The Balaban J connectivity index is 1.38. The summed E-state index contributed by atoms with van der Waals surface area (Å²) in [5, 5.41) is 0. The van der Waals surface area contributed by atoms with Crippen LogP contribution in [0.1, 0.15) is 21.7 Å². The average molecular weight is 382 g/mol. The first-order valence-electron chi connectivity index (χ1n) is 9.75. The Hall–Kier alpha value is -2.74. The lowest BCUT2D eigenvalue weighted by molar-refractivity contribution is 0.0302.